The zero-order chi connectivity index (χ0) is 26.6. The summed E-state index contributed by atoms with van der Waals surface area (Å²) in [5.41, 5.74) is 6.75. The Kier molecular flexibility index (Phi) is 6.97. The Morgan fingerprint density at radius 1 is 0.846 bits per heavy atom. The van der Waals surface area contributed by atoms with Crippen molar-refractivity contribution in [3.63, 3.8) is 0 Å². The van der Waals surface area contributed by atoms with Crippen molar-refractivity contribution in [2.24, 2.45) is 0 Å². The maximum absolute atomic E-state index is 12.6. The predicted molar refractivity (Wildman–Crippen MR) is 156 cm³/mol. The van der Waals surface area contributed by atoms with E-state index in [9.17, 15) is 9.90 Å². The van der Waals surface area contributed by atoms with Crippen LogP contribution in [-0.2, 0) is 6.54 Å². The van der Waals surface area contributed by atoms with Gasteiger partial charge in [-0.3, -0.25) is 4.79 Å². The normalized spacial score (nSPS) is 13.9. The molecule has 2 heterocycles. The fraction of sp³-hybridized carbons (Fsp3) is 0.188. The van der Waals surface area contributed by atoms with Crippen LogP contribution in [0.5, 0.6) is 0 Å². The van der Waals surface area contributed by atoms with E-state index in [0.717, 1.165) is 59.5 Å². The van der Waals surface area contributed by atoms with Gasteiger partial charge in [-0.15, -0.1) is 0 Å². The van der Waals surface area contributed by atoms with Crippen molar-refractivity contribution in [2.45, 2.75) is 25.5 Å². The lowest BCUT2D eigenvalue weighted by Crippen LogP contribution is -2.35. The summed E-state index contributed by atoms with van der Waals surface area (Å²) in [5, 5.41) is 21.8. The zero-order valence-electron chi connectivity index (χ0n) is 21.6. The summed E-state index contributed by atoms with van der Waals surface area (Å²) in [6.07, 6.45) is 3.33. The molecule has 1 saturated heterocycles. The van der Waals surface area contributed by atoms with E-state index in [1.807, 2.05) is 71.5 Å². The third-order valence-electron chi connectivity index (χ3n) is 7.22. The number of aliphatic hydroxyl groups is 1. The molecule has 5 aromatic rings. The highest BCUT2D eigenvalue weighted by Crippen LogP contribution is 2.27. The molecule has 1 fully saturated rings. The van der Waals surface area contributed by atoms with Crippen molar-refractivity contribution in [1.82, 2.24) is 15.1 Å². The summed E-state index contributed by atoms with van der Waals surface area (Å²) in [4.78, 5) is 14.9. The fourth-order valence-corrected chi connectivity index (χ4v) is 5.00. The van der Waals surface area contributed by atoms with Gasteiger partial charge in [-0.25, -0.2) is 4.68 Å². The molecular weight excluding hydrogens is 486 g/mol. The topological polar surface area (TPSA) is 82.4 Å². The molecule has 6 rings (SSSR count). The van der Waals surface area contributed by atoms with E-state index in [1.54, 1.807) is 0 Å². The van der Waals surface area contributed by atoms with Gasteiger partial charge in [0.05, 0.1) is 23.5 Å². The monoisotopic (exact) mass is 517 g/mol. The number of nitrogens with zero attached hydrogens (tertiary/aromatic N) is 3. The second kappa shape index (κ2) is 11.0. The number of piperidine rings is 1. The van der Waals surface area contributed by atoms with Gasteiger partial charge in [0.1, 0.15) is 0 Å². The number of carbonyl (C=O) groups is 1. The molecule has 1 aliphatic heterocycles. The molecule has 0 saturated carbocycles. The van der Waals surface area contributed by atoms with Gasteiger partial charge in [0.2, 0.25) is 0 Å². The summed E-state index contributed by atoms with van der Waals surface area (Å²) in [7, 11) is 0. The van der Waals surface area contributed by atoms with E-state index in [4.69, 9.17) is 0 Å². The minimum atomic E-state index is -0.169. The molecule has 7 nitrogen and oxygen atoms in total. The molecule has 0 radical (unpaired) electrons. The van der Waals surface area contributed by atoms with Gasteiger partial charge < -0.3 is 20.6 Å². The summed E-state index contributed by atoms with van der Waals surface area (Å²) in [5.74, 6) is -0.103. The quantitative estimate of drug-likeness (QED) is 0.260. The first-order chi connectivity index (χ1) is 19.1. The minimum absolute atomic E-state index is 0.103. The van der Waals surface area contributed by atoms with Crippen LogP contribution < -0.4 is 15.5 Å². The molecular formula is C32H31N5O2. The van der Waals surface area contributed by atoms with Crippen LogP contribution in [0.3, 0.4) is 0 Å². The number of aliphatic hydroxyl groups excluding tert-OH is 1. The second-order valence-corrected chi connectivity index (χ2v) is 9.94. The van der Waals surface area contributed by atoms with E-state index in [2.05, 4.69) is 57.0 Å². The van der Waals surface area contributed by atoms with Crippen LogP contribution in [-0.4, -0.2) is 40.0 Å². The van der Waals surface area contributed by atoms with Crippen LogP contribution in [0.4, 0.5) is 17.1 Å². The molecule has 0 spiro atoms. The van der Waals surface area contributed by atoms with Crippen LogP contribution in [0, 0.1) is 0 Å². The molecule has 39 heavy (non-hydrogen) atoms. The molecule has 0 unspecified atom stereocenters. The Morgan fingerprint density at radius 3 is 2.28 bits per heavy atom. The first-order valence-corrected chi connectivity index (χ1v) is 13.3. The number of rotatable bonds is 7. The summed E-state index contributed by atoms with van der Waals surface area (Å²) in [6.45, 7) is 2.27. The maximum atomic E-state index is 12.6. The molecule has 196 valence electrons. The Morgan fingerprint density at radius 2 is 1.54 bits per heavy atom. The SMILES string of the molecule is O=C(NCc1ccccc1)c1ccc(-n2ncc3cc(Nc4ccc(N5CCC(O)CC5)cc4)ccc32)cc1. The molecule has 0 aliphatic carbocycles. The Hall–Kier alpha value is -4.62. The van der Waals surface area contributed by atoms with Gasteiger partial charge in [0.25, 0.3) is 5.91 Å². The van der Waals surface area contributed by atoms with Gasteiger partial charge in [-0.05, 0) is 85.1 Å². The second-order valence-electron chi connectivity index (χ2n) is 9.94. The number of fused-ring (bicyclic) bond motifs is 1. The van der Waals surface area contributed by atoms with E-state index in [1.165, 1.54) is 5.69 Å². The highest BCUT2D eigenvalue weighted by atomic mass is 16.3. The van der Waals surface area contributed by atoms with Crippen LogP contribution in [0.1, 0.15) is 28.8 Å². The van der Waals surface area contributed by atoms with E-state index in [-0.39, 0.29) is 12.0 Å². The molecule has 1 aromatic heterocycles. The highest BCUT2D eigenvalue weighted by Gasteiger charge is 2.17. The maximum Gasteiger partial charge on any atom is 0.251 e. The predicted octanol–water partition coefficient (Wildman–Crippen LogP) is 5.66. The van der Waals surface area contributed by atoms with Crippen LogP contribution in [0.15, 0.2) is 103 Å². The third-order valence-corrected chi connectivity index (χ3v) is 7.22. The van der Waals surface area contributed by atoms with Gasteiger partial charge in [0, 0.05) is 47.6 Å². The number of nitrogens with one attached hydrogen (secondary N) is 2. The lowest BCUT2D eigenvalue weighted by molar-refractivity contribution is 0.0951. The van der Waals surface area contributed by atoms with Crippen LogP contribution in [0.25, 0.3) is 16.6 Å². The number of carbonyl (C=O) groups excluding carboxylic acids is 1. The van der Waals surface area contributed by atoms with Gasteiger partial charge in [-0.1, -0.05) is 30.3 Å². The molecule has 0 bridgehead atoms. The van der Waals surface area contributed by atoms with Gasteiger partial charge in [-0.2, -0.15) is 5.10 Å². The zero-order valence-corrected chi connectivity index (χ0v) is 21.6. The average Bonchev–Trinajstić information content (AvgIpc) is 3.41. The first-order valence-electron chi connectivity index (χ1n) is 13.3. The van der Waals surface area contributed by atoms with E-state index in [0.29, 0.717) is 12.1 Å². The smallest absolute Gasteiger partial charge is 0.251 e. The van der Waals surface area contributed by atoms with Gasteiger partial charge in [0.15, 0.2) is 0 Å². The molecule has 1 amide bonds. The van der Waals surface area contributed by atoms with Crippen LogP contribution >= 0.6 is 0 Å². The van der Waals surface area contributed by atoms with Crippen LogP contribution in [0.2, 0.25) is 0 Å². The lowest BCUT2D eigenvalue weighted by atomic mass is 10.1. The summed E-state index contributed by atoms with van der Waals surface area (Å²) < 4.78 is 1.88. The van der Waals surface area contributed by atoms with Crippen molar-refractivity contribution in [2.75, 3.05) is 23.3 Å². The average molecular weight is 518 g/mol. The Balaban J connectivity index is 1.11. The first kappa shape index (κ1) is 24.7. The van der Waals surface area contributed by atoms with E-state index < -0.39 is 0 Å². The number of amides is 1. The van der Waals surface area contributed by atoms with Crippen molar-refractivity contribution in [3.05, 3.63) is 114 Å². The molecule has 0 atom stereocenters. The molecule has 1 aliphatic rings. The number of hydrogen-bond donors (Lipinski definition) is 3. The highest BCUT2D eigenvalue weighted by molar-refractivity contribution is 5.94. The number of aromatic nitrogens is 2. The summed E-state index contributed by atoms with van der Waals surface area (Å²) >= 11 is 0. The van der Waals surface area contributed by atoms with Crippen molar-refractivity contribution in [1.29, 1.82) is 0 Å². The van der Waals surface area contributed by atoms with Gasteiger partial charge >= 0.3 is 0 Å². The lowest BCUT2D eigenvalue weighted by Gasteiger charge is -2.31. The minimum Gasteiger partial charge on any atom is -0.393 e. The third kappa shape index (κ3) is 5.63. The number of benzene rings is 4. The number of hydrogen-bond acceptors (Lipinski definition) is 5. The Labute approximate surface area is 227 Å². The molecule has 7 heteroatoms. The Bertz CT molecular complexity index is 1550. The standard InChI is InChI=1S/C32H31N5O2/c38-30-16-18-36(19-17-30)28-13-8-26(9-14-28)35-27-10-15-31-25(20-27)22-34-37(31)29-11-6-24(7-12-29)32(39)33-21-23-4-2-1-3-5-23/h1-15,20,22,30,35,38H,16-19,21H2,(H,33,39). The van der Waals surface area contributed by atoms with Crippen molar-refractivity contribution < 1.29 is 9.90 Å². The number of anilines is 3. The van der Waals surface area contributed by atoms with E-state index >= 15 is 0 Å². The molecule has 4 aromatic carbocycles. The fourth-order valence-electron chi connectivity index (χ4n) is 5.00. The molecule has 3 N–H and O–H groups in total. The van der Waals surface area contributed by atoms with Crippen molar-refractivity contribution >= 4 is 33.9 Å². The largest absolute Gasteiger partial charge is 0.393 e. The van der Waals surface area contributed by atoms with Crippen molar-refractivity contribution in [3.8, 4) is 5.69 Å². The summed E-state index contributed by atoms with van der Waals surface area (Å²) in [6, 6.07) is 32.0.